The quantitative estimate of drug-likeness (QED) is 0.784. The number of aryl methyl sites for hydroxylation is 1. The van der Waals surface area contributed by atoms with Crippen LogP contribution in [-0.2, 0) is 9.53 Å². The Hall–Kier alpha value is -2.04. The minimum absolute atomic E-state index is 0.285. The minimum Gasteiger partial charge on any atom is -0.496 e. The summed E-state index contributed by atoms with van der Waals surface area (Å²) in [6.45, 7) is 3.90. The van der Waals surface area contributed by atoms with Gasteiger partial charge in [0.2, 0.25) is 0 Å². The Labute approximate surface area is 125 Å². The lowest BCUT2D eigenvalue weighted by molar-refractivity contribution is -0.143. The van der Waals surface area contributed by atoms with Crippen LogP contribution in [0.25, 0.3) is 0 Å². The van der Waals surface area contributed by atoms with Crippen molar-refractivity contribution in [1.82, 2.24) is 5.32 Å². The fraction of sp³-hybridized carbons (Fsp3) is 0.500. The fourth-order valence-electron chi connectivity index (χ4n) is 2.06. The first-order valence-corrected chi connectivity index (χ1v) is 7.06. The first-order valence-electron chi connectivity index (χ1n) is 7.06. The molecule has 1 atom stereocenters. The predicted octanol–water partition coefficient (Wildman–Crippen LogP) is 2.47. The number of amides is 1. The van der Waals surface area contributed by atoms with Crippen LogP contribution in [0.15, 0.2) is 18.2 Å². The van der Waals surface area contributed by atoms with Crippen molar-refractivity contribution in [2.45, 2.75) is 39.2 Å². The summed E-state index contributed by atoms with van der Waals surface area (Å²) < 4.78 is 9.90. The number of methoxy groups -OCH3 is 2. The lowest BCUT2D eigenvalue weighted by Gasteiger charge is -2.16. The molecule has 0 bridgehead atoms. The number of carbonyl (C=O) groups excluding carboxylic acids is 2. The average molecular weight is 293 g/mol. The van der Waals surface area contributed by atoms with Crippen molar-refractivity contribution in [1.29, 1.82) is 0 Å². The maximum absolute atomic E-state index is 12.2. The van der Waals surface area contributed by atoms with Crippen molar-refractivity contribution >= 4 is 11.9 Å². The van der Waals surface area contributed by atoms with Gasteiger partial charge in [-0.15, -0.1) is 0 Å². The van der Waals surface area contributed by atoms with Gasteiger partial charge in [0, 0.05) is 5.56 Å². The summed E-state index contributed by atoms with van der Waals surface area (Å²) in [4.78, 5) is 23.9. The van der Waals surface area contributed by atoms with Crippen LogP contribution < -0.4 is 10.1 Å². The van der Waals surface area contributed by atoms with Crippen molar-refractivity contribution in [3.63, 3.8) is 0 Å². The second-order valence-electron chi connectivity index (χ2n) is 4.88. The number of ether oxygens (including phenoxy) is 2. The predicted molar refractivity (Wildman–Crippen MR) is 80.5 cm³/mol. The van der Waals surface area contributed by atoms with E-state index >= 15 is 0 Å². The van der Waals surface area contributed by atoms with E-state index in [0.717, 1.165) is 24.2 Å². The van der Waals surface area contributed by atoms with Crippen molar-refractivity contribution in [3.8, 4) is 5.75 Å². The fourth-order valence-corrected chi connectivity index (χ4v) is 2.06. The molecule has 116 valence electrons. The van der Waals surface area contributed by atoms with Crippen molar-refractivity contribution in [2.24, 2.45) is 0 Å². The first-order chi connectivity index (χ1) is 10.0. The topological polar surface area (TPSA) is 64.6 Å². The van der Waals surface area contributed by atoms with E-state index in [1.54, 1.807) is 25.3 Å². The third kappa shape index (κ3) is 4.77. The van der Waals surface area contributed by atoms with E-state index in [1.165, 1.54) is 7.11 Å². The summed E-state index contributed by atoms with van der Waals surface area (Å²) in [6, 6.07) is 4.55. The van der Waals surface area contributed by atoms with Gasteiger partial charge in [0.25, 0.3) is 5.91 Å². The lowest BCUT2D eigenvalue weighted by atomic mass is 10.1. The van der Waals surface area contributed by atoms with Crippen LogP contribution in [0.5, 0.6) is 5.75 Å². The molecule has 0 aliphatic rings. The molecule has 1 unspecified atom stereocenters. The smallest absolute Gasteiger partial charge is 0.328 e. The van der Waals surface area contributed by atoms with Crippen LogP contribution in [0.3, 0.4) is 0 Å². The molecule has 0 aliphatic carbocycles. The molecule has 1 aromatic rings. The maximum atomic E-state index is 12.2. The van der Waals surface area contributed by atoms with Gasteiger partial charge in [0.05, 0.1) is 14.2 Å². The first kappa shape index (κ1) is 17.0. The average Bonchev–Trinajstić information content (AvgIpc) is 2.50. The van der Waals surface area contributed by atoms with Crippen molar-refractivity contribution in [2.75, 3.05) is 14.2 Å². The van der Waals surface area contributed by atoms with Crippen molar-refractivity contribution < 1.29 is 19.1 Å². The molecule has 0 fully saturated rings. The van der Waals surface area contributed by atoms with Crippen LogP contribution in [-0.4, -0.2) is 32.1 Å². The molecule has 0 saturated carbocycles. The van der Waals surface area contributed by atoms with E-state index in [4.69, 9.17) is 9.47 Å². The van der Waals surface area contributed by atoms with E-state index in [9.17, 15) is 9.59 Å². The molecule has 5 heteroatoms. The van der Waals surface area contributed by atoms with Gasteiger partial charge in [-0.05, 0) is 37.1 Å². The SMILES string of the molecule is CCCCC(NC(=O)c1ccc(OC)c(C)c1)C(=O)OC. The van der Waals surface area contributed by atoms with Gasteiger partial charge in [-0.2, -0.15) is 0 Å². The number of carbonyl (C=O) groups is 2. The highest BCUT2D eigenvalue weighted by Gasteiger charge is 2.21. The Morgan fingerprint density at radius 2 is 2.00 bits per heavy atom. The van der Waals surface area contributed by atoms with Gasteiger partial charge in [-0.1, -0.05) is 19.8 Å². The molecule has 0 saturated heterocycles. The number of hydrogen-bond acceptors (Lipinski definition) is 4. The zero-order valence-electron chi connectivity index (χ0n) is 13.1. The normalized spacial score (nSPS) is 11.6. The van der Waals surface area contributed by atoms with Gasteiger partial charge in [-0.25, -0.2) is 4.79 Å². The molecule has 0 aromatic heterocycles. The summed E-state index contributed by atoms with van der Waals surface area (Å²) in [5.74, 6) is 0.0244. The van der Waals surface area contributed by atoms with Crippen LogP contribution >= 0.6 is 0 Å². The molecular formula is C16H23NO4. The molecule has 0 radical (unpaired) electrons. The monoisotopic (exact) mass is 293 g/mol. The van der Waals surface area contributed by atoms with E-state index < -0.39 is 12.0 Å². The second-order valence-corrected chi connectivity index (χ2v) is 4.88. The van der Waals surface area contributed by atoms with E-state index in [-0.39, 0.29) is 5.91 Å². The molecule has 0 heterocycles. The largest absolute Gasteiger partial charge is 0.496 e. The zero-order valence-corrected chi connectivity index (χ0v) is 13.1. The summed E-state index contributed by atoms with van der Waals surface area (Å²) in [5.41, 5.74) is 1.37. The highest BCUT2D eigenvalue weighted by atomic mass is 16.5. The molecular weight excluding hydrogens is 270 g/mol. The van der Waals surface area contributed by atoms with Crippen LogP contribution in [0.4, 0.5) is 0 Å². The molecule has 0 aliphatic heterocycles. The molecule has 1 rings (SSSR count). The molecule has 1 amide bonds. The Morgan fingerprint density at radius 1 is 1.29 bits per heavy atom. The number of hydrogen-bond donors (Lipinski definition) is 1. The summed E-state index contributed by atoms with van der Waals surface area (Å²) >= 11 is 0. The van der Waals surface area contributed by atoms with Crippen LogP contribution in [0.1, 0.15) is 42.1 Å². The molecule has 21 heavy (non-hydrogen) atoms. The number of benzene rings is 1. The second kappa shape index (κ2) is 8.29. The van der Waals surface area contributed by atoms with Gasteiger partial charge < -0.3 is 14.8 Å². The Bertz CT molecular complexity index is 499. The van der Waals surface area contributed by atoms with Gasteiger partial charge in [-0.3, -0.25) is 4.79 Å². The number of nitrogens with one attached hydrogen (secondary N) is 1. The molecule has 5 nitrogen and oxygen atoms in total. The Balaban J connectivity index is 2.81. The minimum atomic E-state index is -0.607. The van der Waals surface area contributed by atoms with Crippen molar-refractivity contribution in [3.05, 3.63) is 29.3 Å². The number of esters is 1. The van der Waals surface area contributed by atoms with E-state index in [0.29, 0.717) is 12.0 Å². The zero-order chi connectivity index (χ0) is 15.8. The Morgan fingerprint density at radius 3 is 2.52 bits per heavy atom. The van der Waals surface area contributed by atoms with Crippen LogP contribution in [0, 0.1) is 6.92 Å². The third-order valence-electron chi connectivity index (χ3n) is 3.29. The van der Waals surface area contributed by atoms with Gasteiger partial charge in [0.15, 0.2) is 0 Å². The lowest BCUT2D eigenvalue weighted by Crippen LogP contribution is -2.41. The van der Waals surface area contributed by atoms with Gasteiger partial charge >= 0.3 is 5.97 Å². The highest BCUT2D eigenvalue weighted by Crippen LogP contribution is 2.18. The number of rotatable bonds is 7. The maximum Gasteiger partial charge on any atom is 0.328 e. The van der Waals surface area contributed by atoms with Crippen LogP contribution in [0.2, 0.25) is 0 Å². The van der Waals surface area contributed by atoms with E-state index in [2.05, 4.69) is 5.32 Å². The molecule has 1 N–H and O–H groups in total. The van der Waals surface area contributed by atoms with E-state index in [1.807, 2.05) is 13.8 Å². The number of unbranched alkanes of at least 4 members (excludes halogenated alkanes) is 1. The van der Waals surface area contributed by atoms with Gasteiger partial charge in [0.1, 0.15) is 11.8 Å². The molecule has 0 spiro atoms. The third-order valence-corrected chi connectivity index (χ3v) is 3.29. The highest BCUT2D eigenvalue weighted by molar-refractivity contribution is 5.97. The summed E-state index contributed by atoms with van der Waals surface area (Å²) in [5, 5.41) is 2.73. The molecule has 1 aromatic carbocycles. The standard InChI is InChI=1S/C16H23NO4/c1-5-6-7-13(16(19)21-4)17-15(18)12-8-9-14(20-3)11(2)10-12/h8-10,13H,5-7H2,1-4H3,(H,17,18). The summed E-state index contributed by atoms with van der Waals surface area (Å²) in [6.07, 6.45) is 2.37. The Kier molecular flexibility index (Phi) is 6.72. The summed E-state index contributed by atoms with van der Waals surface area (Å²) in [7, 11) is 2.91.